The molecule has 0 saturated carbocycles. The van der Waals surface area contributed by atoms with Crippen LogP contribution in [0.2, 0.25) is 0 Å². The van der Waals surface area contributed by atoms with Gasteiger partial charge in [0.2, 0.25) is 0 Å². The highest BCUT2D eigenvalue weighted by Gasteiger charge is 2.37. The average Bonchev–Trinajstić information content (AvgIpc) is 3.24. The summed E-state index contributed by atoms with van der Waals surface area (Å²) in [6.45, 7) is 11.5. The van der Waals surface area contributed by atoms with Crippen LogP contribution >= 0.6 is 11.6 Å². The molecule has 3 aromatic rings. The van der Waals surface area contributed by atoms with Gasteiger partial charge >= 0.3 is 0 Å². The Kier molecular flexibility index (Phi) is 29.5. The van der Waals surface area contributed by atoms with Crippen molar-refractivity contribution < 1.29 is 56.8 Å². The molecule has 0 fully saturated rings. The van der Waals surface area contributed by atoms with Gasteiger partial charge in [0.1, 0.15) is 5.60 Å². The zero-order valence-corrected chi connectivity index (χ0v) is 33.7. The minimum absolute atomic E-state index is 0.414. The second-order valence-corrected chi connectivity index (χ2v) is 12.4. The maximum atomic E-state index is 6.73. The van der Waals surface area contributed by atoms with Gasteiger partial charge in [-0.25, -0.2) is 0 Å². The fourth-order valence-corrected chi connectivity index (χ4v) is 5.49. The summed E-state index contributed by atoms with van der Waals surface area (Å²) < 4.78 is 67.4. The molecule has 0 unspecified atom stereocenters. The largest absolute Gasteiger partial charge is 0.378 e. The summed E-state index contributed by atoms with van der Waals surface area (Å²) in [5.41, 5.74) is 2.45. The summed E-state index contributed by atoms with van der Waals surface area (Å²) >= 11 is 5.53. The molecule has 0 atom stereocenters. The number of hydrogen-bond acceptors (Lipinski definition) is 12. The van der Waals surface area contributed by atoms with Gasteiger partial charge in [-0.05, 0) is 16.7 Å². The first kappa shape index (κ1) is 47.8. The summed E-state index contributed by atoms with van der Waals surface area (Å²) in [6.07, 6.45) is 0. The molecule has 0 saturated heterocycles. The molecule has 0 aliphatic heterocycles. The molecule has 12 nitrogen and oxygen atoms in total. The molecule has 0 amide bonds. The highest BCUT2D eigenvalue weighted by molar-refractivity contribution is 6.17. The summed E-state index contributed by atoms with van der Waals surface area (Å²) in [4.78, 5) is 0. The molecule has 0 aliphatic rings. The first-order chi connectivity index (χ1) is 27.9. The highest BCUT2D eigenvalue weighted by atomic mass is 35.5. The number of halogens is 1. The molecule has 0 bridgehead atoms. The van der Waals surface area contributed by atoms with E-state index in [4.69, 9.17) is 68.4 Å². The lowest BCUT2D eigenvalue weighted by Gasteiger charge is -2.36. The van der Waals surface area contributed by atoms with Crippen LogP contribution in [0.25, 0.3) is 0 Å². The van der Waals surface area contributed by atoms with Crippen molar-refractivity contribution in [2.45, 2.75) is 5.60 Å². The molecule has 0 radical (unpaired) electrons. The Morgan fingerprint density at radius 1 is 0.268 bits per heavy atom. The monoisotopic (exact) mass is 806 g/mol. The van der Waals surface area contributed by atoms with Crippen LogP contribution in [0.5, 0.6) is 0 Å². The van der Waals surface area contributed by atoms with E-state index in [0.29, 0.717) is 158 Å². The molecular formula is C43H63ClO12. The molecule has 0 heterocycles. The lowest BCUT2D eigenvalue weighted by atomic mass is 9.80. The van der Waals surface area contributed by atoms with Crippen LogP contribution in [0.15, 0.2) is 91.0 Å². The van der Waals surface area contributed by atoms with Crippen LogP contribution in [0.1, 0.15) is 16.7 Å². The Morgan fingerprint density at radius 3 is 0.679 bits per heavy atom. The van der Waals surface area contributed by atoms with Crippen molar-refractivity contribution in [2.24, 2.45) is 0 Å². The van der Waals surface area contributed by atoms with E-state index in [-0.39, 0.29) is 0 Å². The minimum Gasteiger partial charge on any atom is -0.378 e. The predicted molar refractivity (Wildman–Crippen MR) is 215 cm³/mol. The van der Waals surface area contributed by atoms with E-state index in [2.05, 4.69) is 36.4 Å². The van der Waals surface area contributed by atoms with Crippen molar-refractivity contribution in [1.29, 1.82) is 0 Å². The molecule has 3 rings (SSSR count). The van der Waals surface area contributed by atoms with E-state index in [1.54, 1.807) is 0 Å². The van der Waals surface area contributed by atoms with Crippen molar-refractivity contribution in [1.82, 2.24) is 0 Å². The third kappa shape index (κ3) is 21.8. The Morgan fingerprint density at radius 2 is 0.464 bits per heavy atom. The van der Waals surface area contributed by atoms with Crippen LogP contribution in [-0.2, 0) is 62.4 Å². The van der Waals surface area contributed by atoms with Crippen LogP contribution in [0.4, 0.5) is 0 Å². The molecule has 0 aliphatic carbocycles. The molecule has 13 heteroatoms. The van der Waals surface area contributed by atoms with Gasteiger partial charge in [-0.15, -0.1) is 11.6 Å². The van der Waals surface area contributed by atoms with E-state index in [9.17, 15) is 0 Å². The van der Waals surface area contributed by atoms with Gasteiger partial charge < -0.3 is 56.8 Å². The first-order valence-electron chi connectivity index (χ1n) is 19.6. The smallest absolute Gasteiger partial charge is 0.143 e. The van der Waals surface area contributed by atoms with E-state index in [0.717, 1.165) is 16.7 Å². The topological polar surface area (TPSA) is 111 Å². The fraction of sp³-hybridized carbons (Fsp3) is 0.581. The maximum Gasteiger partial charge on any atom is 0.143 e. The molecular weight excluding hydrogens is 744 g/mol. The van der Waals surface area contributed by atoms with Gasteiger partial charge in [0.25, 0.3) is 0 Å². The zero-order chi connectivity index (χ0) is 39.3. The lowest BCUT2D eigenvalue weighted by Crippen LogP contribution is -2.34. The van der Waals surface area contributed by atoms with Crippen molar-refractivity contribution in [2.75, 3.05) is 158 Å². The Labute approximate surface area is 338 Å². The quantitative estimate of drug-likeness (QED) is 0.0418. The Balaban J connectivity index is 1.04. The summed E-state index contributed by atoms with van der Waals surface area (Å²) in [5.74, 6) is 0.495. The Bertz CT molecular complexity index is 1160. The standard InChI is InChI=1S/C43H63ClO12/c44-16-17-45-18-19-46-20-21-47-22-23-48-24-25-49-26-27-50-28-29-51-30-31-52-32-33-53-34-35-54-36-37-55-38-39-56-43(40-10-4-1-5-11-40,41-12-6-2-7-13-41)42-14-8-3-9-15-42/h1-15H,16-39H2. The third-order valence-corrected chi connectivity index (χ3v) is 8.18. The van der Waals surface area contributed by atoms with E-state index >= 15 is 0 Å². The number of alkyl halides is 1. The second-order valence-electron chi connectivity index (χ2n) is 12.1. The number of rotatable bonds is 39. The highest BCUT2D eigenvalue weighted by Crippen LogP contribution is 2.40. The SMILES string of the molecule is ClCCOCCOCCOCCOCCOCCOCCOCCOCCOCCOCCOCCOC(c1ccccc1)(c1ccccc1)c1ccccc1. The van der Waals surface area contributed by atoms with Gasteiger partial charge in [-0.2, -0.15) is 0 Å². The minimum atomic E-state index is -0.753. The van der Waals surface area contributed by atoms with Crippen LogP contribution in [-0.4, -0.2) is 158 Å². The van der Waals surface area contributed by atoms with Gasteiger partial charge in [0.05, 0.1) is 152 Å². The average molecular weight is 807 g/mol. The van der Waals surface area contributed by atoms with Gasteiger partial charge in [0.15, 0.2) is 0 Å². The summed E-state index contributed by atoms with van der Waals surface area (Å²) in [5, 5.41) is 0. The Hall–Kier alpha value is -2.53. The van der Waals surface area contributed by atoms with Gasteiger partial charge in [-0.3, -0.25) is 0 Å². The second kappa shape index (κ2) is 34.5. The molecule has 314 valence electrons. The number of hydrogen-bond donors (Lipinski definition) is 0. The van der Waals surface area contributed by atoms with Gasteiger partial charge in [0, 0.05) is 5.88 Å². The van der Waals surface area contributed by atoms with E-state index < -0.39 is 5.60 Å². The maximum absolute atomic E-state index is 6.73. The van der Waals surface area contributed by atoms with Gasteiger partial charge in [-0.1, -0.05) is 91.0 Å². The van der Waals surface area contributed by atoms with Crippen molar-refractivity contribution in [3.05, 3.63) is 108 Å². The van der Waals surface area contributed by atoms with Crippen LogP contribution in [0, 0.1) is 0 Å². The lowest BCUT2D eigenvalue weighted by molar-refractivity contribution is -0.0399. The van der Waals surface area contributed by atoms with Crippen molar-refractivity contribution in [3.63, 3.8) is 0 Å². The number of ether oxygens (including phenoxy) is 12. The van der Waals surface area contributed by atoms with Crippen molar-refractivity contribution in [3.8, 4) is 0 Å². The van der Waals surface area contributed by atoms with E-state index in [1.807, 2.05) is 54.6 Å². The van der Waals surface area contributed by atoms with Crippen LogP contribution in [0.3, 0.4) is 0 Å². The normalized spacial score (nSPS) is 11.7. The molecule has 0 N–H and O–H groups in total. The van der Waals surface area contributed by atoms with Crippen LogP contribution < -0.4 is 0 Å². The zero-order valence-electron chi connectivity index (χ0n) is 32.9. The van der Waals surface area contributed by atoms with Crippen molar-refractivity contribution >= 4 is 11.6 Å². The summed E-state index contributed by atoms with van der Waals surface area (Å²) in [6, 6.07) is 31.0. The molecule has 0 aromatic heterocycles. The molecule has 0 spiro atoms. The predicted octanol–water partition coefficient (Wildman–Crippen LogP) is 5.42. The molecule has 3 aromatic carbocycles. The third-order valence-electron chi connectivity index (χ3n) is 8.03. The number of benzene rings is 3. The van der Waals surface area contributed by atoms with E-state index in [1.165, 1.54) is 0 Å². The first-order valence-corrected chi connectivity index (χ1v) is 20.1. The molecule has 56 heavy (non-hydrogen) atoms. The fourth-order valence-electron chi connectivity index (χ4n) is 5.38. The summed E-state index contributed by atoms with van der Waals surface area (Å²) in [7, 11) is 0.